The number of halogens is 1. The molecule has 4 nitrogen and oxygen atoms in total. The molecule has 0 radical (unpaired) electrons. The first-order valence-corrected chi connectivity index (χ1v) is 6.20. The quantitative estimate of drug-likeness (QED) is 0.792. The zero-order valence-electron chi connectivity index (χ0n) is 11.1. The second-order valence-corrected chi connectivity index (χ2v) is 4.45. The molecule has 1 heterocycles. The van der Waals surface area contributed by atoms with E-state index in [1.54, 1.807) is 24.3 Å². The highest BCUT2D eigenvalue weighted by atomic mass is 19.1. The van der Waals surface area contributed by atoms with Crippen LogP contribution in [-0.2, 0) is 0 Å². The number of methoxy groups -OCH3 is 1. The summed E-state index contributed by atoms with van der Waals surface area (Å²) in [5, 5.41) is 9.82. The van der Waals surface area contributed by atoms with Gasteiger partial charge in [-0.2, -0.15) is 0 Å². The zero-order chi connectivity index (χ0) is 15.0. The molecule has 0 aliphatic rings. The third-order valence-corrected chi connectivity index (χ3v) is 3.23. The summed E-state index contributed by atoms with van der Waals surface area (Å²) in [4.78, 5) is 11.6. The zero-order valence-corrected chi connectivity index (χ0v) is 11.1. The predicted octanol–water partition coefficient (Wildman–Crippen LogP) is 3.95. The molecule has 0 saturated carbocycles. The van der Waals surface area contributed by atoms with Crippen molar-refractivity contribution in [2.45, 2.75) is 0 Å². The fourth-order valence-electron chi connectivity index (χ4n) is 2.25. The molecule has 3 aromatic rings. The molecule has 21 heavy (non-hydrogen) atoms. The van der Waals surface area contributed by atoms with E-state index in [9.17, 15) is 14.3 Å². The van der Waals surface area contributed by atoms with Crippen LogP contribution in [0.15, 0.2) is 46.9 Å². The van der Waals surface area contributed by atoms with Crippen LogP contribution in [0.1, 0.15) is 10.4 Å². The van der Waals surface area contributed by atoms with Crippen molar-refractivity contribution in [3.8, 4) is 17.1 Å². The molecule has 1 aromatic heterocycles. The minimum Gasteiger partial charge on any atom is -0.497 e. The third kappa shape index (κ3) is 2.12. The van der Waals surface area contributed by atoms with Crippen molar-refractivity contribution in [3.05, 3.63) is 53.8 Å². The lowest BCUT2D eigenvalue weighted by atomic mass is 10.1. The largest absolute Gasteiger partial charge is 0.497 e. The molecule has 0 aliphatic heterocycles. The number of benzene rings is 2. The number of hydrogen-bond donors (Lipinski definition) is 1. The van der Waals surface area contributed by atoms with E-state index >= 15 is 0 Å². The maximum atomic E-state index is 13.9. The molecule has 0 bridgehead atoms. The first-order valence-electron chi connectivity index (χ1n) is 6.20. The van der Waals surface area contributed by atoms with Gasteiger partial charge in [-0.3, -0.25) is 0 Å². The molecule has 1 N–H and O–H groups in total. The lowest BCUT2D eigenvalue weighted by molar-refractivity contribution is 0.0699. The number of hydrogen-bond acceptors (Lipinski definition) is 3. The summed E-state index contributed by atoms with van der Waals surface area (Å²) in [6.45, 7) is 0. The van der Waals surface area contributed by atoms with E-state index in [1.807, 2.05) is 0 Å². The number of fused-ring (bicyclic) bond motifs is 1. The van der Waals surface area contributed by atoms with Crippen molar-refractivity contribution < 1.29 is 23.4 Å². The van der Waals surface area contributed by atoms with Crippen molar-refractivity contribution in [3.63, 3.8) is 0 Å². The average molecular weight is 286 g/mol. The van der Waals surface area contributed by atoms with Crippen LogP contribution in [0.25, 0.3) is 22.3 Å². The van der Waals surface area contributed by atoms with Gasteiger partial charge in [0.25, 0.3) is 0 Å². The fourth-order valence-corrected chi connectivity index (χ4v) is 2.25. The van der Waals surface area contributed by atoms with E-state index in [0.29, 0.717) is 16.7 Å². The third-order valence-electron chi connectivity index (χ3n) is 3.23. The number of rotatable bonds is 3. The van der Waals surface area contributed by atoms with Gasteiger partial charge in [-0.25, -0.2) is 9.18 Å². The van der Waals surface area contributed by atoms with Crippen molar-refractivity contribution in [1.82, 2.24) is 0 Å². The SMILES string of the molecule is COc1ccc2oc(-c3ccccc3F)c(C(=O)O)c2c1. The van der Waals surface area contributed by atoms with Gasteiger partial charge in [0.1, 0.15) is 22.7 Å². The molecule has 0 saturated heterocycles. The Labute approximate surface area is 119 Å². The summed E-state index contributed by atoms with van der Waals surface area (Å²) >= 11 is 0. The van der Waals surface area contributed by atoms with Gasteiger partial charge >= 0.3 is 5.97 Å². The highest BCUT2D eigenvalue weighted by Crippen LogP contribution is 2.36. The molecular weight excluding hydrogens is 275 g/mol. The van der Waals surface area contributed by atoms with Crippen LogP contribution in [-0.4, -0.2) is 18.2 Å². The molecule has 0 amide bonds. The molecule has 3 rings (SSSR count). The van der Waals surface area contributed by atoms with Crippen molar-refractivity contribution in [1.29, 1.82) is 0 Å². The summed E-state index contributed by atoms with van der Waals surface area (Å²) in [7, 11) is 1.49. The minimum atomic E-state index is -1.18. The Morgan fingerprint density at radius 1 is 1.24 bits per heavy atom. The summed E-state index contributed by atoms with van der Waals surface area (Å²) in [5.74, 6) is -1.21. The van der Waals surface area contributed by atoms with E-state index in [0.717, 1.165) is 0 Å². The van der Waals surface area contributed by atoms with Crippen LogP contribution in [0.3, 0.4) is 0 Å². The van der Waals surface area contributed by atoms with Crippen molar-refractivity contribution in [2.75, 3.05) is 7.11 Å². The van der Waals surface area contributed by atoms with Crippen LogP contribution in [0, 0.1) is 5.82 Å². The van der Waals surface area contributed by atoms with Crippen molar-refractivity contribution in [2.24, 2.45) is 0 Å². The van der Waals surface area contributed by atoms with Gasteiger partial charge in [-0.1, -0.05) is 12.1 Å². The Morgan fingerprint density at radius 2 is 2.00 bits per heavy atom. The summed E-state index contributed by atoms with van der Waals surface area (Å²) in [6.07, 6.45) is 0. The van der Waals surface area contributed by atoms with E-state index in [-0.39, 0.29) is 16.9 Å². The Kier molecular flexibility index (Phi) is 3.10. The van der Waals surface area contributed by atoms with Gasteiger partial charge in [0.05, 0.1) is 12.7 Å². The lowest BCUT2D eigenvalue weighted by Gasteiger charge is -2.01. The molecule has 106 valence electrons. The number of carbonyl (C=O) groups is 1. The monoisotopic (exact) mass is 286 g/mol. The maximum absolute atomic E-state index is 13.9. The molecule has 0 aliphatic carbocycles. The minimum absolute atomic E-state index is 0.00357. The first kappa shape index (κ1) is 13.2. The highest BCUT2D eigenvalue weighted by molar-refractivity contribution is 6.08. The van der Waals surface area contributed by atoms with Crippen LogP contribution in [0.5, 0.6) is 5.75 Å². The molecule has 0 spiro atoms. The molecule has 0 unspecified atom stereocenters. The van der Waals surface area contributed by atoms with Crippen LogP contribution in [0.2, 0.25) is 0 Å². The Bertz CT molecular complexity index is 835. The van der Waals surface area contributed by atoms with E-state index in [1.165, 1.54) is 25.3 Å². The number of carboxylic acid groups (broad SMARTS) is 1. The Morgan fingerprint density at radius 3 is 2.67 bits per heavy atom. The normalized spacial score (nSPS) is 10.8. The number of furan rings is 1. The van der Waals surface area contributed by atoms with E-state index in [4.69, 9.17) is 9.15 Å². The molecule has 0 atom stereocenters. The molecule has 5 heteroatoms. The van der Waals surface area contributed by atoms with Gasteiger partial charge in [-0.15, -0.1) is 0 Å². The van der Waals surface area contributed by atoms with Crippen LogP contribution < -0.4 is 4.74 Å². The van der Waals surface area contributed by atoms with Crippen LogP contribution in [0.4, 0.5) is 4.39 Å². The van der Waals surface area contributed by atoms with Gasteiger partial charge in [0, 0.05) is 5.39 Å². The summed E-state index contributed by atoms with van der Waals surface area (Å²) < 4.78 is 24.6. The second kappa shape index (κ2) is 4.94. The maximum Gasteiger partial charge on any atom is 0.340 e. The van der Waals surface area contributed by atoms with Crippen LogP contribution >= 0.6 is 0 Å². The molecule has 0 fully saturated rings. The highest BCUT2D eigenvalue weighted by Gasteiger charge is 2.23. The lowest BCUT2D eigenvalue weighted by Crippen LogP contribution is -1.98. The Hall–Kier alpha value is -2.82. The van der Waals surface area contributed by atoms with E-state index in [2.05, 4.69) is 0 Å². The number of ether oxygens (including phenoxy) is 1. The number of aromatic carboxylic acids is 1. The topological polar surface area (TPSA) is 59.7 Å². The van der Waals surface area contributed by atoms with Gasteiger partial charge in [0.2, 0.25) is 0 Å². The molecular formula is C16H11FO4. The van der Waals surface area contributed by atoms with Gasteiger partial charge < -0.3 is 14.3 Å². The van der Waals surface area contributed by atoms with Crippen molar-refractivity contribution >= 4 is 16.9 Å². The average Bonchev–Trinajstić information content (AvgIpc) is 2.85. The van der Waals surface area contributed by atoms with Gasteiger partial charge in [-0.05, 0) is 30.3 Å². The van der Waals surface area contributed by atoms with Gasteiger partial charge in [0.15, 0.2) is 5.76 Å². The smallest absolute Gasteiger partial charge is 0.340 e. The molecule has 2 aromatic carbocycles. The number of carboxylic acids is 1. The Balaban J connectivity index is 2.35. The standard InChI is InChI=1S/C16H11FO4/c1-20-9-6-7-13-11(8-9)14(16(18)19)15(21-13)10-4-2-3-5-12(10)17/h2-8H,1H3,(H,18,19). The summed E-state index contributed by atoms with van der Waals surface area (Å²) in [5.41, 5.74) is 0.408. The first-order chi connectivity index (χ1) is 10.1. The second-order valence-electron chi connectivity index (χ2n) is 4.45. The fraction of sp³-hybridized carbons (Fsp3) is 0.0625. The van der Waals surface area contributed by atoms with E-state index < -0.39 is 11.8 Å². The summed E-state index contributed by atoms with van der Waals surface area (Å²) in [6, 6.07) is 10.7. The predicted molar refractivity (Wildman–Crippen MR) is 75.1 cm³/mol.